The predicted octanol–water partition coefficient (Wildman–Crippen LogP) is 33.3. The molecule has 0 aliphatic heterocycles. The average molecular weight is 2660 g/mol. The molecule has 150 heavy (non-hydrogen) atoms. The largest absolute Gasteiger partial charge is 3.00 e. The second-order valence-corrected chi connectivity index (χ2v) is 35.8. The van der Waals surface area contributed by atoms with Crippen LogP contribution in [0.25, 0.3) is 137 Å². The van der Waals surface area contributed by atoms with E-state index in [9.17, 15) is 26.1 Å². The zero-order valence-electron chi connectivity index (χ0n) is 85.2. The number of hydrogen-bond acceptors (Lipinski definition) is 10. The molecule has 1 N–H and O–H groups in total. The number of nitrogens with zero attached hydrogens (tertiary/aromatic N) is 11. The Hall–Kier alpha value is -15.3. The SMILES string of the molecule is CC(=Nc1cc2ccccc2cc1C=[N-])c1[c-]cccc1.CC(=Nc1cc2ccccc2cc1C=[N-])c1[c-]cccc1.CC(=Nc1cc2ccccc2cc1C=[N-])c1[c-]cccc1.CC(C)CC(=O)C=C(O)CC(C)C.Cc1[c-]c(-c2cc3ccccc3cn2)cc(C)c1.Cc1cnc(-c2[c-]cccc2)cc1C.[Ir+3].[Ir+3].[Ir].[Ir].[c-]1ccccc1-c1cc(-c2ccccc2)ccn1.[c-]1ccccc1-c1ncc2cc3ccccc3cc2n1. The Morgan fingerprint density at radius 3 is 1.11 bits per heavy atom. The first kappa shape index (κ1) is 117. The molecule has 17 aromatic carbocycles. The van der Waals surface area contributed by atoms with Crippen molar-refractivity contribution in [3.05, 3.63) is 533 Å². The Morgan fingerprint density at radius 1 is 0.340 bits per heavy atom. The fourth-order valence-electron chi connectivity index (χ4n) is 16.0. The molecule has 13 nitrogen and oxygen atoms in total. The van der Waals surface area contributed by atoms with Gasteiger partial charge in [0.2, 0.25) is 0 Å². The van der Waals surface area contributed by atoms with Gasteiger partial charge in [0, 0.05) is 89.3 Å². The summed E-state index contributed by atoms with van der Waals surface area (Å²) in [6, 6.07) is 149. The van der Waals surface area contributed by atoms with E-state index >= 15 is 0 Å². The number of aliphatic imine (C=N–C) groups is 3. The summed E-state index contributed by atoms with van der Waals surface area (Å²) in [7, 11) is 0. The predicted molar refractivity (Wildman–Crippen MR) is 612 cm³/mol. The van der Waals surface area contributed by atoms with Gasteiger partial charge in [-0.3, -0.25) is 14.8 Å². The van der Waals surface area contributed by atoms with Crippen molar-refractivity contribution < 1.29 is 90.3 Å². The van der Waals surface area contributed by atoms with E-state index in [0.717, 1.165) is 158 Å². The van der Waals surface area contributed by atoms with Crippen molar-refractivity contribution in [1.29, 1.82) is 0 Å². The number of hydrogen-bond donors (Lipinski definition) is 1. The molecule has 0 bridgehead atoms. The molecule has 4 aromatic heterocycles. The summed E-state index contributed by atoms with van der Waals surface area (Å²) >= 11 is 0. The molecule has 2 radical (unpaired) electrons. The van der Waals surface area contributed by atoms with E-state index in [2.05, 4.69) is 195 Å². The minimum absolute atomic E-state index is 0. The maximum absolute atomic E-state index is 11.2. The van der Waals surface area contributed by atoms with Crippen LogP contribution in [0, 0.1) is 82.0 Å². The number of rotatable bonds is 19. The summed E-state index contributed by atoms with van der Waals surface area (Å²) in [5.74, 6) is 1.70. The van der Waals surface area contributed by atoms with Crippen molar-refractivity contribution in [2.45, 2.75) is 89.0 Å². The summed E-state index contributed by atoms with van der Waals surface area (Å²) in [6.07, 6.45) is 13.3. The van der Waals surface area contributed by atoms with Crippen LogP contribution in [0.5, 0.6) is 0 Å². The summed E-state index contributed by atoms with van der Waals surface area (Å²) in [4.78, 5) is 47.5. The van der Waals surface area contributed by atoms with Gasteiger partial charge in [-0.15, -0.1) is 250 Å². The minimum Gasteiger partial charge on any atom is -0.810 e. The summed E-state index contributed by atoms with van der Waals surface area (Å²) in [6.45, 7) is 22.2. The zero-order chi connectivity index (χ0) is 102. The van der Waals surface area contributed by atoms with E-state index in [-0.39, 0.29) is 92.0 Å². The number of allylic oxidation sites excluding steroid dienone is 2. The molecule has 4 heterocycles. The first-order chi connectivity index (χ1) is 71.1. The van der Waals surface area contributed by atoms with Gasteiger partial charge in [-0.2, -0.15) is 18.6 Å². The van der Waals surface area contributed by atoms with Crippen LogP contribution < -0.4 is 0 Å². The standard InChI is InChI=1S/3C19H14N2.C18H11N2.C17H14N.C17H12N.C13H12N.C11H20O2.4Ir/c3*1-14(15-7-3-2-4-8-15)21-19-12-17-10-6-5-9-16(17)11-18(19)13-20;1-2-6-13(7-3-1)18-19-12-16-10-14-8-4-5-9-15(14)11-17(16)20-18;1-12-7-13(2)9-16(8-12)17-10-14-5-3-4-6-15(14)11-18-17;1-3-7-14(8-4-1)16-11-12-18-17(13-16)15-9-5-2-6-10-15;1-10-8-13(14-9-11(10)2)12-6-4-3-5-7-12;1-8(2)5-10(12)7-11(13)6-9(3)4;;;;/h3*2-7,9-13H,1H3;1-6,8-12H;3-8,10-11H,1-2H3;1-9,11-13H;3-6,8-9H,1-2H3;7-9,12H,5-6H2,1-4H3;;;;/q3*-2;4*-1;;;;2*+3. The van der Waals surface area contributed by atoms with Gasteiger partial charge in [-0.1, -0.05) is 238 Å². The van der Waals surface area contributed by atoms with E-state index in [0.29, 0.717) is 47.2 Å². The number of carbonyl (C=O) groups is 1. The van der Waals surface area contributed by atoms with Crippen molar-refractivity contribution in [2.24, 2.45) is 26.8 Å². The van der Waals surface area contributed by atoms with Gasteiger partial charge in [0.25, 0.3) is 0 Å². The second kappa shape index (κ2) is 59.6. The molecule has 0 saturated heterocycles. The number of aliphatic hydroxyl groups is 1. The number of fused-ring (bicyclic) bond motifs is 6. The van der Waals surface area contributed by atoms with E-state index in [4.69, 9.17) is 0 Å². The van der Waals surface area contributed by atoms with Crippen LogP contribution in [0.3, 0.4) is 0 Å². The summed E-state index contributed by atoms with van der Waals surface area (Å²) in [5, 5.41) is 50.1. The molecule has 21 aromatic rings. The topological polar surface area (TPSA) is 206 Å². The summed E-state index contributed by atoms with van der Waals surface area (Å²) < 4.78 is 0. The maximum Gasteiger partial charge on any atom is 3.00 e. The van der Waals surface area contributed by atoms with Crippen LogP contribution in [0.2, 0.25) is 0 Å². The van der Waals surface area contributed by atoms with Crippen molar-refractivity contribution in [3.8, 4) is 56.3 Å². The monoisotopic (exact) mass is 2670 g/mol. The smallest absolute Gasteiger partial charge is 0.810 e. The third kappa shape index (κ3) is 34.4. The number of benzene rings is 17. The fourth-order valence-corrected chi connectivity index (χ4v) is 16.0. The van der Waals surface area contributed by atoms with Crippen LogP contribution in [-0.4, -0.2) is 71.6 Å². The van der Waals surface area contributed by atoms with Crippen LogP contribution in [0.1, 0.15) is 117 Å². The van der Waals surface area contributed by atoms with Crippen molar-refractivity contribution in [2.75, 3.05) is 0 Å². The third-order valence-corrected chi connectivity index (χ3v) is 23.5. The number of carbonyl (C=O) groups excluding carboxylic acids is 1. The quantitative estimate of drug-likeness (QED) is 0.0272. The van der Waals surface area contributed by atoms with Gasteiger partial charge in [-0.25, -0.2) is 0 Å². The average Bonchev–Trinajstić information content (AvgIpc) is 0.787. The summed E-state index contributed by atoms with van der Waals surface area (Å²) in [5.41, 5.74) is 25.1. The van der Waals surface area contributed by atoms with Crippen molar-refractivity contribution in [1.82, 2.24) is 24.9 Å². The Morgan fingerprint density at radius 2 is 0.707 bits per heavy atom. The molecule has 0 atom stereocenters. The molecule has 0 saturated carbocycles. The maximum atomic E-state index is 11.2. The number of aryl methyl sites for hydroxylation is 4. The Bertz CT molecular complexity index is 7750. The molecule has 0 unspecified atom stereocenters. The van der Waals surface area contributed by atoms with Gasteiger partial charge in [0.05, 0.1) is 34.2 Å². The molecule has 17 heteroatoms. The number of aromatic nitrogens is 5. The Kier molecular flexibility index (Phi) is 46.3. The van der Waals surface area contributed by atoms with E-state index in [1.807, 2.05) is 371 Å². The molecule has 0 fully saturated rings. The second-order valence-electron chi connectivity index (χ2n) is 35.8. The van der Waals surface area contributed by atoms with Crippen LogP contribution in [0.15, 0.2) is 434 Å². The van der Waals surface area contributed by atoms with Crippen LogP contribution in [0.4, 0.5) is 17.1 Å². The first-order valence-corrected chi connectivity index (χ1v) is 48.4. The third-order valence-electron chi connectivity index (χ3n) is 23.5. The van der Waals surface area contributed by atoms with Crippen LogP contribution in [-0.2, 0) is 85.2 Å². The van der Waals surface area contributed by atoms with Gasteiger partial charge in [0.1, 0.15) is 0 Å². The van der Waals surface area contributed by atoms with E-state index in [1.165, 1.54) is 55.4 Å². The molecule has 750 valence electrons. The Labute approximate surface area is 935 Å². The fraction of sp³-hybridized carbons (Fsp3) is 0.113. The van der Waals surface area contributed by atoms with Gasteiger partial charge < -0.3 is 51.3 Å². The number of pyridine rings is 3. The van der Waals surface area contributed by atoms with Crippen molar-refractivity contribution in [3.63, 3.8) is 0 Å². The van der Waals surface area contributed by atoms with E-state index < -0.39 is 0 Å². The van der Waals surface area contributed by atoms with Gasteiger partial charge >= 0.3 is 40.2 Å². The molecule has 21 rings (SSSR count). The number of ketones is 1. The van der Waals surface area contributed by atoms with E-state index in [1.54, 1.807) is 0 Å². The molecular formula is C133H111Ir4N11O2-4. The van der Waals surface area contributed by atoms with Gasteiger partial charge in [0.15, 0.2) is 5.78 Å². The molecule has 0 aliphatic rings. The number of aliphatic hydroxyl groups excluding tert-OH is 1. The normalized spacial score (nSPS) is 10.9. The van der Waals surface area contributed by atoms with Crippen LogP contribution >= 0.6 is 0 Å². The zero-order valence-corrected chi connectivity index (χ0v) is 94.7. The molecule has 0 aliphatic carbocycles. The molecule has 0 amide bonds. The minimum atomic E-state index is 0. The molecular weight excluding hydrogens is 2550 g/mol. The Balaban J connectivity index is 0.000000175. The van der Waals surface area contributed by atoms with Crippen molar-refractivity contribution >= 4 is 123 Å². The first-order valence-electron chi connectivity index (χ1n) is 48.4. The van der Waals surface area contributed by atoms with Gasteiger partial charge in [-0.05, 0) is 202 Å². The molecule has 0 spiro atoms.